The molecule has 94 valence electrons. The number of Topliss-reactive ketones (excluding diaryl/α,β-unsaturated/α-hetero) is 1. The number of allylic oxidation sites excluding steroid dienone is 4. The van der Waals surface area contributed by atoms with Crippen LogP contribution in [0.2, 0.25) is 0 Å². The second-order valence-corrected chi connectivity index (χ2v) is 3.79. The summed E-state index contributed by atoms with van der Waals surface area (Å²) >= 11 is 0. The molecule has 0 spiro atoms. The zero-order valence-electron chi connectivity index (χ0n) is 10.2. The monoisotopic (exact) mass is 238 g/mol. The average molecular weight is 238 g/mol. The number of ether oxygens (including phenoxy) is 2. The van der Waals surface area contributed by atoms with Crippen LogP contribution in [0.4, 0.5) is 0 Å². The van der Waals surface area contributed by atoms with Gasteiger partial charge in [-0.2, -0.15) is 0 Å². The average Bonchev–Trinajstić information content (AvgIpc) is 3.12. The van der Waals surface area contributed by atoms with Crippen LogP contribution in [-0.4, -0.2) is 31.1 Å². The summed E-state index contributed by atoms with van der Waals surface area (Å²) in [4.78, 5) is 22.5. The molecule has 0 amide bonds. The van der Waals surface area contributed by atoms with Gasteiger partial charge in [-0.3, -0.25) is 4.79 Å². The predicted octanol–water partition coefficient (Wildman–Crippen LogP) is 1.80. The summed E-state index contributed by atoms with van der Waals surface area (Å²) in [6, 6.07) is 0. The Morgan fingerprint density at radius 2 is 1.88 bits per heavy atom. The number of esters is 1. The highest BCUT2D eigenvalue weighted by Crippen LogP contribution is 2.25. The second-order valence-electron chi connectivity index (χ2n) is 3.79. The van der Waals surface area contributed by atoms with E-state index in [1.807, 2.05) is 25.2 Å². The third-order valence-electron chi connectivity index (χ3n) is 2.46. The van der Waals surface area contributed by atoms with Crippen LogP contribution in [-0.2, 0) is 19.1 Å². The Bertz CT molecular complexity index is 330. The fourth-order valence-corrected chi connectivity index (χ4v) is 1.45. The number of hydrogen-bond donors (Lipinski definition) is 0. The van der Waals surface area contributed by atoms with Gasteiger partial charge in [-0.25, -0.2) is 4.79 Å². The maximum atomic E-state index is 11.5. The molecular formula is C13H18O4. The first-order chi connectivity index (χ1) is 8.20. The van der Waals surface area contributed by atoms with Crippen LogP contribution in [0.1, 0.15) is 26.2 Å². The first-order valence-electron chi connectivity index (χ1n) is 5.73. The molecule has 1 rings (SSSR count). The van der Waals surface area contributed by atoms with Crippen LogP contribution < -0.4 is 0 Å². The van der Waals surface area contributed by atoms with Crippen molar-refractivity contribution >= 4 is 11.8 Å². The molecule has 0 bridgehead atoms. The predicted molar refractivity (Wildman–Crippen MR) is 63.5 cm³/mol. The van der Waals surface area contributed by atoms with Crippen LogP contribution >= 0.6 is 0 Å². The summed E-state index contributed by atoms with van der Waals surface area (Å²) in [5.41, 5.74) is 0. The molecule has 1 fully saturated rings. The second kappa shape index (κ2) is 7.01. The SMILES string of the molecule is C/C=C/CC/C=C/CC(=O)C1OC1C(=O)OC. The fourth-order valence-electron chi connectivity index (χ4n) is 1.45. The lowest BCUT2D eigenvalue weighted by Gasteiger charge is -1.92. The van der Waals surface area contributed by atoms with Crippen LogP contribution in [0, 0.1) is 0 Å². The molecule has 0 aromatic rings. The molecular weight excluding hydrogens is 220 g/mol. The van der Waals surface area contributed by atoms with Crippen molar-refractivity contribution in [3.8, 4) is 0 Å². The number of methoxy groups -OCH3 is 1. The van der Waals surface area contributed by atoms with Crippen molar-refractivity contribution in [3.63, 3.8) is 0 Å². The summed E-state index contributed by atoms with van der Waals surface area (Å²) in [5, 5.41) is 0. The lowest BCUT2D eigenvalue weighted by molar-refractivity contribution is -0.142. The zero-order valence-corrected chi connectivity index (χ0v) is 10.2. The Morgan fingerprint density at radius 1 is 1.18 bits per heavy atom. The van der Waals surface area contributed by atoms with E-state index in [2.05, 4.69) is 10.8 Å². The molecule has 0 saturated carbocycles. The van der Waals surface area contributed by atoms with Gasteiger partial charge in [-0.1, -0.05) is 24.3 Å². The van der Waals surface area contributed by atoms with Crippen molar-refractivity contribution in [2.24, 2.45) is 0 Å². The van der Waals surface area contributed by atoms with E-state index < -0.39 is 18.2 Å². The molecule has 0 aromatic heterocycles. The number of hydrogen-bond acceptors (Lipinski definition) is 4. The van der Waals surface area contributed by atoms with E-state index in [9.17, 15) is 9.59 Å². The van der Waals surface area contributed by atoms with E-state index in [1.54, 1.807) is 0 Å². The minimum atomic E-state index is -0.677. The van der Waals surface area contributed by atoms with E-state index in [-0.39, 0.29) is 5.78 Å². The van der Waals surface area contributed by atoms with Crippen molar-refractivity contribution < 1.29 is 19.1 Å². The highest BCUT2D eigenvalue weighted by atomic mass is 16.6. The van der Waals surface area contributed by atoms with Crippen molar-refractivity contribution in [2.75, 3.05) is 7.11 Å². The standard InChI is InChI=1S/C13H18O4/c1-3-4-5-6-7-8-9-10(14)11-12(17-11)13(15)16-2/h3-4,7-8,11-12H,5-6,9H2,1-2H3/b4-3+,8-7+. The fraction of sp³-hybridized carbons (Fsp3) is 0.538. The molecule has 1 heterocycles. The van der Waals surface area contributed by atoms with E-state index in [1.165, 1.54) is 7.11 Å². The molecule has 2 atom stereocenters. The molecule has 1 aliphatic heterocycles. The third kappa shape index (κ3) is 4.53. The Labute approximate surface area is 101 Å². The van der Waals surface area contributed by atoms with E-state index in [0.29, 0.717) is 6.42 Å². The van der Waals surface area contributed by atoms with Gasteiger partial charge in [-0.15, -0.1) is 0 Å². The van der Waals surface area contributed by atoms with Gasteiger partial charge in [0, 0.05) is 6.42 Å². The van der Waals surface area contributed by atoms with Crippen molar-refractivity contribution in [1.82, 2.24) is 0 Å². The van der Waals surface area contributed by atoms with Crippen LogP contribution in [0.15, 0.2) is 24.3 Å². The lowest BCUT2D eigenvalue weighted by Crippen LogP contribution is -2.16. The van der Waals surface area contributed by atoms with Gasteiger partial charge < -0.3 is 9.47 Å². The minimum absolute atomic E-state index is 0.0670. The summed E-state index contributed by atoms with van der Waals surface area (Å²) in [6.07, 6.45) is 8.80. The summed E-state index contributed by atoms with van der Waals surface area (Å²) in [6.45, 7) is 1.98. The summed E-state index contributed by atoms with van der Waals surface area (Å²) < 4.78 is 9.44. The van der Waals surface area contributed by atoms with E-state index in [4.69, 9.17) is 4.74 Å². The van der Waals surface area contributed by atoms with Gasteiger partial charge in [0.25, 0.3) is 0 Å². The van der Waals surface area contributed by atoms with Crippen LogP contribution in [0.5, 0.6) is 0 Å². The van der Waals surface area contributed by atoms with Crippen LogP contribution in [0.3, 0.4) is 0 Å². The number of unbranched alkanes of at least 4 members (excludes halogenated alkanes) is 1. The molecule has 4 nitrogen and oxygen atoms in total. The molecule has 2 unspecified atom stereocenters. The van der Waals surface area contributed by atoms with Gasteiger partial charge in [0.15, 0.2) is 18.0 Å². The van der Waals surface area contributed by atoms with Crippen molar-refractivity contribution in [1.29, 1.82) is 0 Å². The number of rotatable bonds is 7. The van der Waals surface area contributed by atoms with Crippen molar-refractivity contribution in [3.05, 3.63) is 24.3 Å². The topological polar surface area (TPSA) is 55.9 Å². The Morgan fingerprint density at radius 3 is 2.53 bits per heavy atom. The highest BCUT2D eigenvalue weighted by Gasteiger charge is 2.50. The van der Waals surface area contributed by atoms with Crippen LogP contribution in [0.25, 0.3) is 0 Å². The smallest absolute Gasteiger partial charge is 0.338 e. The molecule has 0 radical (unpaired) electrons. The molecule has 1 aliphatic rings. The molecule has 0 aromatic carbocycles. The Hall–Kier alpha value is -1.42. The Balaban J connectivity index is 2.17. The molecule has 0 aliphatic carbocycles. The number of carbonyl (C=O) groups is 2. The first kappa shape index (κ1) is 13.6. The first-order valence-corrected chi connectivity index (χ1v) is 5.73. The number of epoxide rings is 1. The van der Waals surface area contributed by atoms with Gasteiger partial charge >= 0.3 is 5.97 Å². The molecule has 4 heteroatoms. The lowest BCUT2D eigenvalue weighted by atomic mass is 10.1. The number of ketones is 1. The zero-order chi connectivity index (χ0) is 12.7. The molecule has 0 N–H and O–H groups in total. The third-order valence-corrected chi connectivity index (χ3v) is 2.46. The van der Waals surface area contributed by atoms with Gasteiger partial charge in [0.05, 0.1) is 7.11 Å². The number of carbonyl (C=O) groups excluding carboxylic acids is 2. The summed E-state index contributed by atoms with van der Waals surface area (Å²) in [5.74, 6) is -0.539. The molecule has 17 heavy (non-hydrogen) atoms. The molecule has 1 saturated heterocycles. The highest BCUT2D eigenvalue weighted by molar-refractivity contribution is 5.94. The minimum Gasteiger partial charge on any atom is -0.467 e. The maximum Gasteiger partial charge on any atom is 0.338 e. The Kier molecular flexibility index (Phi) is 5.63. The largest absolute Gasteiger partial charge is 0.467 e. The van der Waals surface area contributed by atoms with Crippen molar-refractivity contribution in [2.45, 2.75) is 38.4 Å². The van der Waals surface area contributed by atoms with Gasteiger partial charge in [0.2, 0.25) is 0 Å². The summed E-state index contributed by atoms with van der Waals surface area (Å²) in [7, 11) is 1.28. The maximum absolute atomic E-state index is 11.5. The van der Waals surface area contributed by atoms with E-state index >= 15 is 0 Å². The van der Waals surface area contributed by atoms with E-state index in [0.717, 1.165) is 12.8 Å². The van der Waals surface area contributed by atoms with Gasteiger partial charge in [0.1, 0.15) is 0 Å². The van der Waals surface area contributed by atoms with Gasteiger partial charge in [-0.05, 0) is 19.8 Å². The normalized spacial score (nSPS) is 23.2. The quantitative estimate of drug-likeness (QED) is 0.294.